The molecule has 0 aromatic heterocycles. The van der Waals surface area contributed by atoms with E-state index in [2.05, 4.69) is 11.9 Å². The van der Waals surface area contributed by atoms with E-state index < -0.39 is 0 Å². The highest BCUT2D eigenvalue weighted by Gasteiger charge is 2.63. The zero-order chi connectivity index (χ0) is 7.24. The van der Waals surface area contributed by atoms with Crippen LogP contribution in [0.2, 0.25) is 0 Å². The van der Waals surface area contributed by atoms with Gasteiger partial charge in [0.25, 0.3) is 0 Å². The third kappa shape index (κ3) is 0.600. The van der Waals surface area contributed by atoms with Gasteiger partial charge < -0.3 is 0 Å². The third-order valence-electron chi connectivity index (χ3n) is 3.11. The van der Waals surface area contributed by atoms with E-state index in [0.29, 0.717) is 5.41 Å². The molecule has 0 amide bonds. The van der Waals surface area contributed by atoms with Gasteiger partial charge in [-0.25, -0.2) is 4.79 Å². The van der Waals surface area contributed by atoms with Gasteiger partial charge in [-0.05, 0) is 31.1 Å². The van der Waals surface area contributed by atoms with Crippen LogP contribution in [-0.2, 0) is 4.79 Å². The Morgan fingerprint density at radius 2 is 1.90 bits per heavy atom. The number of hydrogen-bond acceptors (Lipinski definition) is 2. The molecule has 10 heavy (non-hydrogen) atoms. The van der Waals surface area contributed by atoms with Crippen LogP contribution in [0, 0.1) is 5.41 Å². The van der Waals surface area contributed by atoms with Gasteiger partial charge in [0.2, 0.25) is 6.08 Å². The van der Waals surface area contributed by atoms with Crippen LogP contribution >= 0.6 is 0 Å². The maximum absolute atomic E-state index is 10.0. The lowest BCUT2D eigenvalue weighted by atomic mass is 9.97. The molecule has 2 aliphatic rings. The monoisotopic (exact) mass is 137 g/mol. The van der Waals surface area contributed by atoms with Crippen molar-refractivity contribution in [3.8, 4) is 0 Å². The molecule has 2 fully saturated rings. The van der Waals surface area contributed by atoms with Gasteiger partial charge in [-0.1, -0.05) is 6.92 Å². The lowest BCUT2D eigenvalue weighted by Gasteiger charge is -2.14. The van der Waals surface area contributed by atoms with Crippen LogP contribution in [0.5, 0.6) is 0 Å². The third-order valence-corrected chi connectivity index (χ3v) is 3.11. The molecule has 0 N–H and O–H groups in total. The standard InChI is InChI=1S/C8H11NO/c1-7(2-3-7)8(4-5-8)9-6-10/h2-5H2,1H3. The van der Waals surface area contributed by atoms with Crippen molar-refractivity contribution in [2.75, 3.05) is 0 Å². The Hall–Kier alpha value is -0.620. The Labute approximate surface area is 60.3 Å². The fourth-order valence-corrected chi connectivity index (χ4v) is 1.71. The summed E-state index contributed by atoms with van der Waals surface area (Å²) in [6, 6.07) is 0. The summed E-state index contributed by atoms with van der Waals surface area (Å²) in [6.07, 6.45) is 6.41. The molecule has 2 rings (SSSR count). The first-order valence-electron chi connectivity index (χ1n) is 3.82. The van der Waals surface area contributed by atoms with Gasteiger partial charge in [0, 0.05) is 0 Å². The van der Waals surface area contributed by atoms with Crippen LogP contribution in [0.25, 0.3) is 0 Å². The molecule has 0 atom stereocenters. The fraction of sp³-hybridized carbons (Fsp3) is 0.875. The Morgan fingerprint density at radius 3 is 2.20 bits per heavy atom. The maximum atomic E-state index is 10.0. The summed E-state index contributed by atoms with van der Waals surface area (Å²) in [6.45, 7) is 2.22. The largest absolute Gasteiger partial charge is 0.235 e. The molecule has 0 bridgehead atoms. The Morgan fingerprint density at radius 1 is 1.30 bits per heavy atom. The molecular weight excluding hydrogens is 126 g/mol. The summed E-state index contributed by atoms with van der Waals surface area (Å²) in [4.78, 5) is 13.9. The van der Waals surface area contributed by atoms with Crippen molar-refractivity contribution in [1.82, 2.24) is 0 Å². The minimum atomic E-state index is 0.0503. The van der Waals surface area contributed by atoms with Crippen molar-refractivity contribution in [3.63, 3.8) is 0 Å². The summed E-state index contributed by atoms with van der Waals surface area (Å²) in [7, 11) is 0. The molecule has 0 aromatic carbocycles. The minimum absolute atomic E-state index is 0.0503. The Kier molecular flexibility index (Phi) is 0.924. The van der Waals surface area contributed by atoms with Crippen LogP contribution in [0.1, 0.15) is 32.6 Å². The van der Waals surface area contributed by atoms with Crippen LogP contribution in [0.15, 0.2) is 4.99 Å². The topological polar surface area (TPSA) is 29.4 Å². The number of carbonyl (C=O) groups excluding carboxylic acids is 1. The van der Waals surface area contributed by atoms with Crippen molar-refractivity contribution >= 4 is 6.08 Å². The molecule has 2 aliphatic carbocycles. The SMILES string of the molecule is CC1(C2(N=C=O)CC2)CC1. The molecule has 0 heterocycles. The van der Waals surface area contributed by atoms with Crippen molar-refractivity contribution in [2.45, 2.75) is 38.1 Å². The smallest absolute Gasteiger partial charge is 0.211 e. The summed E-state index contributed by atoms with van der Waals surface area (Å²) in [5.41, 5.74) is 0.430. The van der Waals surface area contributed by atoms with E-state index in [0.717, 1.165) is 12.8 Å². The molecule has 2 heteroatoms. The molecule has 54 valence electrons. The zero-order valence-corrected chi connectivity index (χ0v) is 6.18. The zero-order valence-electron chi connectivity index (χ0n) is 6.18. The molecule has 0 aromatic rings. The summed E-state index contributed by atoms with van der Waals surface area (Å²) < 4.78 is 0. The summed E-state index contributed by atoms with van der Waals surface area (Å²) in [5.74, 6) is 0. The predicted octanol–water partition coefficient (Wildman–Crippen LogP) is 1.65. The first kappa shape index (κ1) is 6.11. The van der Waals surface area contributed by atoms with Gasteiger partial charge >= 0.3 is 0 Å². The van der Waals surface area contributed by atoms with Gasteiger partial charge in [0.1, 0.15) is 0 Å². The average Bonchev–Trinajstić information content (AvgIpc) is 2.69. The Bertz CT molecular complexity index is 207. The summed E-state index contributed by atoms with van der Waals surface area (Å²) in [5, 5.41) is 0. The highest BCUT2D eigenvalue weighted by atomic mass is 16.1. The second-order valence-electron chi connectivity index (χ2n) is 3.80. The van der Waals surface area contributed by atoms with E-state index in [1.807, 2.05) is 0 Å². The van der Waals surface area contributed by atoms with E-state index in [-0.39, 0.29) is 5.54 Å². The Balaban J connectivity index is 2.22. The highest BCUT2D eigenvalue weighted by molar-refractivity contribution is 5.38. The van der Waals surface area contributed by atoms with Crippen molar-refractivity contribution in [1.29, 1.82) is 0 Å². The molecule has 0 unspecified atom stereocenters. The van der Waals surface area contributed by atoms with E-state index in [4.69, 9.17) is 0 Å². The maximum Gasteiger partial charge on any atom is 0.235 e. The highest BCUT2D eigenvalue weighted by Crippen LogP contribution is 2.65. The second-order valence-corrected chi connectivity index (χ2v) is 3.80. The quantitative estimate of drug-likeness (QED) is 0.420. The average molecular weight is 137 g/mol. The van der Waals surface area contributed by atoms with Crippen molar-refractivity contribution < 1.29 is 4.79 Å². The van der Waals surface area contributed by atoms with Gasteiger partial charge in [0.15, 0.2) is 0 Å². The van der Waals surface area contributed by atoms with E-state index in [1.165, 1.54) is 12.8 Å². The fourth-order valence-electron chi connectivity index (χ4n) is 1.71. The van der Waals surface area contributed by atoms with Crippen LogP contribution in [-0.4, -0.2) is 11.6 Å². The van der Waals surface area contributed by atoms with Crippen molar-refractivity contribution in [2.24, 2.45) is 10.4 Å². The number of rotatable bonds is 2. The number of isocyanates is 1. The molecule has 0 radical (unpaired) electrons. The van der Waals surface area contributed by atoms with Gasteiger partial charge in [-0.2, -0.15) is 4.99 Å². The first-order valence-corrected chi connectivity index (χ1v) is 3.82. The molecule has 0 spiro atoms. The normalized spacial score (nSPS) is 30.5. The second kappa shape index (κ2) is 1.51. The predicted molar refractivity (Wildman–Crippen MR) is 37.4 cm³/mol. The molecule has 2 nitrogen and oxygen atoms in total. The summed E-state index contributed by atoms with van der Waals surface area (Å²) >= 11 is 0. The van der Waals surface area contributed by atoms with Crippen LogP contribution in [0.4, 0.5) is 0 Å². The molecule has 2 saturated carbocycles. The lowest BCUT2D eigenvalue weighted by molar-refractivity contribution is 0.416. The van der Waals surface area contributed by atoms with E-state index in [9.17, 15) is 4.79 Å². The number of nitrogens with zero attached hydrogens (tertiary/aromatic N) is 1. The minimum Gasteiger partial charge on any atom is -0.211 e. The number of aliphatic imine (C=N–C) groups is 1. The van der Waals surface area contributed by atoms with Crippen molar-refractivity contribution in [3.05, 3.63) is 0 Å². The van der Waals surface area contributed by atoms with Gasteiger partial charge in [0.05, 0.1) is 5.54 Å². The molecular formula is C8H11NO. The molecule has 0 aliphatic heterocycles. The van der Waals surface area contributed by atoms with E-state index in [1.54, 1.807) is 6.08 Å². The molecule has 0 saturated heterocycles. The first-order chi connectivity index (χ1) is 4.72. The van der Waals surface area contributed by atoms with E-state index >= 15 is 0 Å². The van der Waals surface area contributed by atoms with Gasteiger partial charge in [-0.3, -0.25) is 0 Å². The van der Waals surface area contributed by atoms with Crippen LogP contribution < -0.4 is 0 Å². The lowest BCUT2D eigenvalue weighted by Crippen LogP contribution is -2.17. The van der Waals surface area contributed by atoms with Crippen LogP contribution in [0.3, 0.4) is 0 Å². The van der Waals surface area contributed by atoms with Gasteiger partial charge in [-0.15, -0.1) is 0 Å². The number of hydrogen-bond donors (Lipinski definition) is 0.